The van der Waals surface area contributed by atoms with E-state index in [2.05, 4.69) is 27.8 Å². The molecule has 1 aromatic heterocycles. The molecule has 3 rings (SSSR count). The molecule has 0 unspecified atom stereocenters. The van der Waals surface area contributed by atoms with Gasteiger partial charge in [-0.25, -0.2) is 4.98 Å². The van der Waals surface area contributed by atoms with Gasteiger partial charge < -0.3 is 20.9 Å². The van der Waals surface area contributed by atoms with Crippen LogP contribution in [-0.4, -0.2) is 49.2 Å². The fourth-order valence-corrected chi connectivity index (χ4v) is 2.65. The second kappa shape index (κ2) is 5.71. The summed E-state index contributed by atoms with van der Waals surface area (Å²) >= 11 is 0. The van der Waals surface area contributed by atoms with E-state index in [4.69, 9.17) is 9.97 Å². The topological polar surface area (TPSA) is 65.1 Å². The molecule has 0 radical (unpaired) electrons. The lowest BCUT2D eigenvalue weighted by atomic mass is 10.1. The van der Waals surface area contributed by atoms with E-state index in [1.165, 1.54) is 11.3 Å². The standard InChI is InChI=1S/C13H22N6/c1-2-16-12-10-9-15-4-3-11(10)17-13(18-12)19-7-5-14-6-8-19/h14-15H,2-9H2,1H3,(H,16,17,18). The van der Waals surface area contributed by atoms with E-state index >= 15 is 0 Å². The van der Waals surface area contributed by atoms with Gasteiger partial charge in [-0.3, -0.25) is 0 Å². The molecule has 0 atom stereocenters. The van der Waals surface area contributed by atoms with Crippen LogP contribution in [-0.2, 0) is 13.0 Å². The van der Waals surface area contributed by atoms with Crippen LogP contribution in [0.4, 0.5) is 11.8 Å². The lowest BCUT2D eigenvalue weighted by Crippen LogP contribution is -2.44. The van der Waals surface area contributed by atoms with Crippen molar-refractivity contribution in [3.05, 3.63) is 11.3 Å². The zero-order valence-electron chi connectivity index (χ0n) is 11.5. The first-order chi connectivity index (χ1) is 9.38. The van der Waals surface area contributed by atoms with Crippen LogP contribution >= 0.6 is 0 Å². The van der Waals surface area contributed by atoms with Gasteiger partial charge in [-0.1, -0.05) is 0 Å². The van der Waals surface area contributed by atoms with Crippen molar-refractivity contribution < 1.29 is 0 Å². The molecule has 6 heteroatoms. The van der Waals surface area contributed by atoms with E-state index in [0.717, 1.165) is 64.0 Å². The van der Waals surface area contributed by atoms with Crippen molar-refractivity contribution in [1.29, 1.82) is 0 Å². The first-order valence-electron chi connectivity index (χ1n) is 7.18. The molecule has 1 aromatic rings. The number of nitrogens with one attached hydrogen (secondary N) is 3. The smallest absolute Gasteiger partial charge is 0.227 e. The van der Waals surface area contributed by atoms with E-state index in [-0.39, 0.29) is 0 Å². The number of rotatable bonds is 3. The minimum Gasteiger partial charge on any atom is -0.370 e. The molecule has 1 fully saturated rings. The second-order valence-electron chi connectivity index (χ2n) is 4.99. The van der Waals surface area contributed by atoms with Gasteiger partial charge in [0.15, 0.2) is 0 Å². The Balaban J connectivity index is 1.93. The zero-order valence-corrected chi connectivity index (χ0v) is 11.5. The van der Waals surface area contributed by atoms with Crippen molar-refractivity contribution in [3.8, 4) is 0 Å². The van der Waals surface area contributed by atoms with Crippen molar-refractivity contribution >= 4 is 11.8 Å². The Hall–Kier alpha value is -1.40. The molecule has 19 heavy (non-hydrogen) atoms. The Bertz CT molecular complexity index is 441. The Morgan fingerprint density at radius 3 is 2.79 bits per heavy atom. The maximum Gasteiger partial charge on any atom is 0.227 e. The van der Waals surface area contributed by atoms with Gasteiger partial charge in [0, 0.05) is 57.8 Å². The maximum absolute atomic E-state index is 4.79. The molecular weight excluding hydrogens is 240 g/mol. The Morgan fingerprint density at radius 1 is 1.16 bits per heavy atom. The number of fused-ring (bicyclic) bond motifs is 1. The Morgan fingerprint density at radius 2 is 2.00 bits per heavy atom. The molecule has 1 saturated heterocycles. The van der Waals surface area contributed by atoms with Gasteiger partial charge in [0.05, 0.1) is 5.69 Å². The van der Waals surface area contributed by atoms with Crippen LogP contribution < -0.4 is 20.9 Å². The van der Waals surface area contributed by atoms with Crippen molar-refractivity contribution in [2.24, 2.45) is 0 Å². The minimum absolute atomic E-state index is 0.875. The molecule has 104 valence electrons. The van der Waals surface area contributed by atoms with Crippen molar-refractivity contribution in [3.63, 3.8) is 0 Å². The van der Waals surface area contributed by atoms with Gasteiger partial charge in [0.25, 0.3) is 0 Å². The molecule has 0 spiro atoms. The summed E-state index contributed by atoms with van der Waals surface area (Å²) in [6.45, 7) is 8.89. The van der Waals surface area contributed by atoms with Gasteiger partial charge in [-0.2, -0.15) is 4.98 Å². The molecule has 0 aromatic carbocycles. The fourth-order valence-electron chi connectivity index (χ4n) is 2.65. The predicted molar refractivity (Wildman–Crippen MR) is 76.7 cm³/mol. The molecule has 6 nitrogen and oxygen atoms in total. The van der Waals surface area contributed by atoms with E-state index in [1.807, 2.05) is 0 Å². The maximum atomic E-state index is 4.79. The van der Waals surface area contributed by atoms with Gasteiger partial charge in [0.2, 0.25) is 5.95 Å². The molecular formula is C13H22N6. The highest BCUT2D eigenvalue weighted by Crippen LogP contribution is 2.23. The third-order valence-corrected chi connectivity index (χ3v) is 3.67. The summed E-state index contributed by atoms with van der Waals surface area (Å²) in [4.78, 5) is 11.8. The average molecular weight is 262 g/mol. The quantitative estimate of drug-likeness (QED) is 0.710. The number of anilines is 2. The van der Waals surface area contributed by atoms with E-state index in [9.17, 15) is 0 Å². The number of aromatic nitrogens is 2. The molecule has 0 bridgehead atoms. The fraction of sp³-hybridized carbons (Fsp3) is 0.692. The number of piperazine rings is 1. The number of nitrogens with zero attached hydrogens (tertiary/aromatic N) is 3. The third kappa shape index (κ3) is 2.64. The van der Waals surface area contributed by atoms with Crippen LogP contribution in [0.5, 0.6) is 0 Å². The molecule has 0 amide bonds. The first-order valence-corrected chi connectivity index (χ1v) is 7.18. The lowest BCUT2D eigenvalue weighted by Gasteiger charge is -2.29. The SMILES string of the molecule is CCNc1nc(N2CCNCC2)nc2c1CNCC2. The summed E-state index contributed by atoms with van der Waals surface area (Å²) < 4.78 is 0. The average Bonchev–Trinajstić information content (AvgIpc) is 2.48. The summed E-state index contributed by atoms with van der Waals surface area (Å²) in [6.07, 6.45) is 0.995. The first kappa shape index (κ1) is 12.6. The molecule has 3 heterocycles. The van der Waals surface area contributed by atoms with E-state index in [1.54, 1.807) is 0 Å². The van der Waals surface area contributed by atoms with Gasteiger partial charge >= 0.3 is 0 Å². The van der Waals surface area contributed by atoms with Crippen molar-refractivity contribution in [2.45, 2.75) is 19.9 Å². The van der Waals surface area contributed by atoms with Crippen LogP contribution in [0.25, 0.3) is 0 Å². The van der Waals surface area contributed by atoms with Crippen molar-refractivity contribution in [2.75, 3.05) is 49.5 Å². The molecule has 0 aliphatic carbocycles. The molecule has 2 aliphatic heterocycles. The van der Waals surface area contributed by atoms with Crippen LogP contribution in [0.15, 0.2) is 0 Å². The van der Waals surface area contributed by atoms with Crippen LogP contribution in [0.3, 0.4) is 0 Å². The Kier molecular flexibility index (Phi) is 3.79. The highest BCUT2D eigenvalue weighted by atomic mass is 15.3. The summed E-state index contributed by atoms with van der Waals surface area (Å²) in [5.74, 6) is 1.89. The van der Waals surface area contributed by atoms with Gasteiger partial charge in [-0.05, 0) is 6.92 Å². The largest absolute Gasteiger partial charge is 0.370 e. The monoisotopic (exact) mass is 262 g/mol. The third-order valence-electron chi connectivity index (χ3n) is 3.67. The highest BCUT2D eigenvalue weighted by Gasteiger charge is 2.20. The van der Waals surface area contributed by atoms with E-state index in [0.29, 0.717) is 0 Å². The summed E-state index contributed by atoms with van der Waals surface area (Å²) in [6, 6.07) is 0. The minimum atomic E-state index is 0.875. The molecule has 2 aliphatic rings. The van der Waals surface area contributed by atoms with Gasteiger partial charge in [-0.15, -0.1) is 0 Å². The van der Waals surface area contributed by atoms with Gasteiger partial charge in [0.1, 0.15) is 5.82 Å². The normalized spacial score (nSPS) is 19.1. The van der Waals surface area contributed by atoms with E-state index < -0.39 is 0 Å². The van der Waals surface area contributed by atoms with Crippen LogP contribution in [0.1, 0.15) is 18.2 Å². The molecule has 0 saturated carbocycles. The van der Waals surface area contributed by atoms with Crippen LogP contribution in [0.2, 0.25) is 0 Å². The summed E-state index contributed by atoms with van der Waals surface area (Å²) in [5, 5.41) is 10.1. The number of hydrogen-bond donors (Lipinski definition) is 3. The van der Waals surface area contributed by atoms with Crippen LogP contribution in [0, 0.1) is 0 Å². The predicted octanol–water partition coefficient (Wildman–Crippen LogP) is -0.0363. The second-order valence-corrected chi connectivity index (χ2v) is 4.99. The van der Waals surface area contributed by atoms with Crippen molar-refractivity contribution in [1.82, 2.24) is 20.6 Å². The highest BCUT2D eigenvalue weighted by molar-refractivity contribution is 5.52. The lowest BCUT2D eigenvalue weighted by molar-refractivity contribution is 0.573. The zero-order chi connectivity index (χ0) is 13.1. The summed E-state index contributed by atoms with van der Waals surface area (Å²) in [7, 11) is 0. The number of hydrogen-bond acceptors (Lipinski definition) is 6. The molecule has 3 N–H and O–H groups in total. The Labute approximate surface area is 114 Å². The summed E-state index contributed by atoms with van der Waals surface area (Å²) in [5.41, 5.74) is 2.45.